The number of rotatable bonds is 18. The maximum Gasteiger partial charge on any atom is 0.255 e. The Labute approximate surface area is 249 Å². The SMILES string of the molecule is Br.CCCCCCCCCCCCCCOc1ccc(NC(=O)c2ccc(CN3C=CSC3)cc2)cc1Cl. The topological polar surface area (TPSA) is 41.6 Å². The minimum Gasteiger partial charge on any atom is -0.492 e. The van der Waals surface area contributed by atoms with Gasteiger partial charge in [-0.2, -0.15) is 0 Å². The van der Waals surface area contributed by atoms with Gasteiger partial charge in [0.1, 0.15) is 5.75 Å². The molecule has 0 bridgehead atoms. The monoisotopic (exact) mass is 622 g/mol. The number of halogens is 2. The number of carbonyl (C=O) groups excluding carboxylic acids is 1. The Hall–Kier alpha value is -1.63. The molecule has 4 nitrogen and oxygen atoms in total. The third-order valence-corrected chi connectivity index (χ3v) is 7.75. The first kappa shape index (κ1) is 32.6. The summed E-state index contributed by atoms with van der Waals surface area (Å²) in [5.74, 6) is 1.49. The fraction of sp³-hybridized carbons (Fsp3) is 0.516. The number of thioether (sulfide) groups is 1. The lowest BCUT2D eigenvalue weighted by atomic mass is 10.1. The molecule has 1 aliphatic heterocycles. The average Bonchev–Trinajstić information content (AvgIpc) is 3.41. The van der Waals surface area contributed by atoms with E-state index in [0.717, 1.165) is 18.8 Å². The van der Waals surface area contributed by atoms with Gasteiger partial charge in [0.2, 0.25) is 0 Å². The molecule has 3 rings (SSSR count). The molecule has 1 aliphatic rings. The van der Waals surface area contributed by atoms with Gasteiger partial charge in [0.25, 0.3) is 5.91 Å². The first-order valence-corrected chi connectivity index (χ1v) is 15.4. The number of hydrogen-bond acceptors (Lipinski definition) is 4. The maximum absolute atomic E-state index is 12.7. The lowest BCUT2D eigenvalue weighted by Gasteiger charge is -2.14. The number of amides is 1. The van der Waals surface area contributed by atoms with Gasteiger partial charge in [-0.1, -0.05) is 101 Å². The fourth-order valence-corrected chi connectivity index (χ4v) is 5.38. The molecule has 0 aromatic heterocycles. The van der Waals surface area contributed by atoms with E-state index in [0.29, 0.717) is 28.6 Å². The molecule has 0 atom stereocenters. The lowest BCUT2D eigenvalue weighted by Crippen LogP contribution is -2.14. The van der Waals surface area contributed by atoms with E-state index in [2.05, 4.69) is 28.7 Å². The Kier molecular flexibility index (Phi) is 16.7. The Balaban J connectivity index is 0.00000507. The van der Waals surface area contributed by atoms with Gasteiger partial charge in [0.05, 0.1) is 17.5 Å². The lowest BCUT2D eigenvalue weighted by molar-refractivity contribution is 0.102. The zero-order valence-corrected chi connectivity index (χ0v) is 26.0. The highest BCUT2D eigenvalue weighted by molar-refractivity contribution is 8.93. The van der Waals surface area contributed by atoms with Gasteiger partial charge in [0.15, 0.2) is 0 Å². The maximum atomic E-state index is 12.7. The summed E-state index contributed by atoms with van der Waals surface area (Å²) in [6.45, 7) is 3.79. The molecule has 0 radical (unpaired) electrons. The van der Waals surface area contributed by atoms with Crippen molar-refractivity contribution < 1.29 is 9.53 Å². The van der Waals surface area contributed by atoms with Gasteiger partial charge >= 0.3 is 0 Å². The molecule has 1 N–H and O–H groups in total. The largest absolute Gasteiger partial charge is 0.492 e. The number of anilines is 1. The molecule has 2 aromatic carbocycles. The van der Waals surface area contributed by atoms with Crippen molar-refractivity contribution in [2.24, 2.45) is 0 Å². The Bertz CT molecular complexity index is 971. The second-order valence-corrected chi connectivity index (χ2v) is 11.1. The van der Waals surface area contributed by atoms with Crippen molar-refractivity contribution in [2.75, 3.05) is 17.8 Å². The molecule has 0 saturated heterocycles. The van der Waals surface area contributed by atoms with Crippen LogP contribution in [0.4, 0.5) is 5.69 Å². The van der Waals surface area contributed by atoms with Gasteiger partial charge in [-0.05, 0) is 47.7 Å². The average molecular weight is 624 g/mol. The predicted octanol–water partition coefficient (Wildman–Crippen LogP) is 10.2. The van der Waals surface area contributed by atoms with Crippen molar-refractivity contribution in [2.45, 2.75) is 90.5 Å². The number of unbranched alkanes of at least 4 members (excludes halogenated alkanes) is 11. The van der Waals surface area contributed by atoms with Crippen LogP contribution in [0.5, 0.6) is 5.75 Å². The standard InChI is InChI=1S/C31H43ClN2O2S.BrH/c1-2-3-4-5-6-7-8-9-10-11-12-13-21-36-30-19-18-28(23-29(30)32)33-31(35)27-16-14-26(15-17-27)24-34-20-22-37-25-34;/h14-20,22-23H,2-13,21,24-25H2,1H3,(H,33,35);1H. The summed E-state index contributed by atoms with van der Waals surface area (Å²) >= 11 is 8.21. The van der Waals surface area contributed by atoms with Crippen LogP contribution < -0.4 is 10.1 Å². The Morgan fingerprint density at radius 1 is 0.921 bits per heavy atom. The van der Waals surface area contributed by atoms with Crippen molar-refractivity contribution in [3.05, 3.63) is 70.2 Å². The fourth-order valence-electron chi connectivity index (χ4n) is 4.43. The normalized spacial score (nSPS) is 12.4. The van der Waals surface area contributed by atoms with Crippen molar-refractivity contribution in [1.29, 1.82) is 0 Å². The molecule has 38 heavy (non-hydrogen) atoms. The number of nitrogens with zero attached hydrogens (tertiary/aromatic N) is 1. The van der Waals surface area contributed by atoms with E-state index in [1.165, 1.54) is 76.2 Å². The van der Waals surface area contributed by atoms with Crippen LogP contribution in [0.1, 0.15) is 99.9 Å². The molecule has 210 valence electrons. The molecule has 0 saturated carbocycles. The van der Waals surface area contributed by atoms with E-state index >= 15 is 0 Å². The summed E-state index contributed by atoms with van der Waals surface area (Å²) < 4.78 is 5.89. The number of carbonyl (C=O) groups is 1. The van der Waals surface area contributed by atoms with Crippen LogP contribution in [0.3, 0.4) is 0 Å². The summed E-state index contributed by atoms with van der Waals surface area (Å²) in [4.78, 5) is 14.9. The molecule has 0 aliphatic carbocycles. The van der Waals surface area contributed by atoms with Crippen LogP contribution in [0.25, 0.3) is 0 Å². The van der Waals surface area contributed by atoms with Crippen molar-refractivity contribution in [3.63, 3.8) is 0 Å². The van der Waals surface area contributed by atoms with Crippen molar-refractivity contribution >= 4 is 51.9 Å². The van der Waals surface area contributed by atoms with Crippen LogP contribution >= 0.6 is 40.3 Å². The molecule has 0 spiro atoms. The zero-order chi connectivity index (χ0) is 26.1. The molecule has 0 fully saturated rings. The number of nitrogens with one attached hydrogen (secondary N) is 1. The van der Waals surface area contributed by atoms with Crippen LogP contribution in [0.15, 0.2) is 54.1 Å². The molecule has 1 heterocycles. The smallest absolute Gasteiger partial charge is 0.255 e. The van der Waals surface area contributed by atoms with Gasteiger partial charge < -0.3 is 15.0 Å². The molecular weight excluding hydrogens is 580 g/mol. The summed E-state index contributed by atoms with van der Waals surface area (Å²) in [6.07, 6.45) is 18.0. The van der Waals surface area contributed by atoms with Gasteiger partial charge in [-0.25, -0.2) is 0 Å². The minimum absolute atomic E-state index is 0. The highest BCUT2D eigenvalue weighted by atomic mass is 79.9. The molecule has 7 heteroatoms. The van der Waals surface area contributed by atoms with Gasteiger partial charge in [-0.3, -0.25) is 4.79 Å². The van der Waals surface area contributed by atoms with Crippen LogP contribution in [0.2, 0.25) is 5.02 Å². The zero-order valence-electron chi connectivity index (χ0n) is 22.8. The van der Waals surface area contributed by atoms with Gasteiger partial charge in [0, 0.05) is 24.0 Å². The summed E-state index contributed by atoms with van der Waals surface area (Å²) in [6, 6.07) is 13.2. The molecular formula is C31H44BrClN2O2S. The second-order valence-electron chi connectivity index (χ2n) is 9.86. The summed E-state index contributed by atoms with van der Waals surface area (Å²) in [5, 5.41) is 5.55. The minimum atomic E-state index is -0.149. The van der Waals surface area contributed by atoms with E-state index in [4.69, 9.17) is 16.3 Å². The highest BCUT2D eigenvalue weighted by Crippen LogP contribution is 2.28. The number of benzene rings is 2. The van der Waals surface area contributed by atoms with E-state index in [-0.39, 0.29) is 22.9 Å². The Morgan fingerprint density at radius 2 is 1.55 bits per heavy atom. The summed E-state index contributed by atoms with van der Waals surface area (Å²) in [7, 11) is 0. The number of ether oxygens (including phenoxy) is 1. The second kappa shape index (κ2) is 19.4. The van der Waals surface area contributed by atoms with Crippen LogP contribution in [0, 0.1) is 0 Å². The third kappa shape index (κ3) is 12.5. The molecule has 0 unspecified atom stereocenters. The Morgan fingerprint density at radius 3 is 2.13 bits per heavy atom. The van der Waals surface area contributed by atoms with E-state index in [1.54, 1.807) is 17.8 Å². The highest BCUT2D eigenvalue weighted by Gasteiger charge is 2.10. The quantitative estimate of drug-likeness (QED) is 0.168. The van der Waals surface area contributed by atoms with Crippen molar-refractivity contribution in [1.82, 2.24) is 4.90 Å². The first-order chi connectivity index (χ1) is 18.2. The predicted molar refractivity (Wildman–Crippen MR) is 170 cm³/mol. The first-order valence-electron chi connectivity index (χ1n) is 14.0. The molecule has 2 aromatic rings. The van der Waals surface area contributed by atoms with E-state index in [9.17, 15) is 4.79 Å². The van der Waals surface area contributed by atoms with E-state index < -0.39 is 0 Å². The van der Waals surface area contributed by atoms with E-state index in [1.807, 2.05) is 36.4 Å². The number of hydrogen-bond donors (Lipinski definition) is 1. The van der Waals surface area contributed by atoms with Gasteiger partial charge in [-0.15, -0.1) is 28.7 Å². The summed E-state index contributed by atoms with van der Waals surface area (Å²) in [5.41, 5.74) is 2.47. The molecule has 1 amide bonds. The van der Waals surface area contributed by atoms with Crippen LogP contribution in [-0.4, -0.2) is 23.3 Å². The third-order valence-electron chi connectivity index (χ3n) is 6.66. The van der Waals surface area contributed by atoms with Crippen LogP contribution in [-0.2, 0) is 6.54 Å². The van der Waals surface area contributed by atoms with Crippen molar-refractivity contribution in [3.8, 4) is 5.75 Å².